The van der Waals surface area contributed by atoms with E-state index in [4.69, 9.17) is 9.84 Å². The van der Waals surface area contributed by atoms with Crippen LogP contribution in [0.15, 0.2) is 59.2 Å². The lowest BCUT2D eigenvalue weighted by Crippen LogP contribution is -2.21. The van der Waals surface area contributed by atoms with Crippen molar-refractivity contribution in [3.8, 4) is 5.75 Å². The minimum atomic E-state index is -0.938. The molecule has 0 spiro atoms. The number of aliphatic hydroxyl groups excluding tert-OH is 2. The molecule has 7 nitrogen and oxygen atoms in total. The van der Waals surface area contributed by atoms with E-state index >= 15 is 0 Å². The second-order valence-electron chi connectivity index (χ2n) is 5.82. The van der Waals surface area contributed by atoms with E-state index in [-0.39, 0.29) is 19.0 Å². The first-order valence-corrected chi connectivity index (χ1v) is 9.17. The number of anilines is 4. The lowest BCUT2D eigenvalue weighted by Gasteiger charge is -2.12. The van der Waals surface area contributed by atoms with E-state index in [9.17, 15) is 9.50 Å². The lowest BCUT2D eigenvalue weighted by atomic mass is 10.3. The summed E-state index contributed by atoms with van der Waals surface area (Å²) >= 11 is 3.39. The van der Waals surface area contributed by atoms with E-state index in [0.29, 0.717) is 33.4 Å². The summed E-state index contributed by atoms with van der Waals surface area (Å²) in [4.78, 5) is 8.64. The van der Waals surface area contributed by atoms with Crippen molar-refractivity contribution in [2.75, 3.05) is 23.8 Å². The van der Waals surface area contributed by atoms with Crippen LogP contribution in [0.25, 0.3) is 0 Å². The monoisotopic (exact) mass is 448 g/mol. The summed E-state index contributed by atoms with van der Waals surface area (Å²) in [6.07, 6.45) is 0.658. The van der Waals surface area contributed by atoms with Gasteiger partial charge in [-0.25, -0.2) is 9.37 Å². The van der Waals surface area contributed by atoms with Crippen LogP contribution in [0.2, 0.25) is 0 Å². The summed E-state index contributed by atoms with van der Waals surface area (Å²) in [5.41, 5.74) is 1.37. The fourth-order valence-corrected chi connectivity index (χ4v) is 2.51. The highest BCUT2D eigenvalue weighted by molar-refractivity contribution is 9.10. The van der Waals surface area contributed by atoms with Gasteiger partial charge in [-0.3, -0.25) is 0 Å². The molecule has 0 saturated heterocycles. The maximum absolute atomic E-state index is 13.1. The molecule has 0 unspecified atom stereocenters. The van der Waals surface area contributed by atoms with E-state index in [1.165, 1.54) is 12.1 Å². The number of hydrogen-bond acceptors (Lipinski definition) is 7. The van der Waals surface area contributed by atoms with Crippen LogP contribution in [0.4, 0.5) is 27.5 Å². The van der Waals surface area contributed by atoms with Crippen LogP contribution in [-0.2, 0) is 0 Å². The SMILES string of the molecule is OC[C@@H](O)COc1cccc(Nc2ncc(Br)c(Nc3ccc(F)cc3)n2)c1. The van der Waals surface area contributed by atoms with Gasteiger partial charge in [-0.1, -0.05) is 6.07 Å². The van der Waals surface area contributed by atoms with Gasteiger partial charge in [-0.2, -0.15) is 4.98 Å². The quantitative estimate of drug-likeness (QED) is 0.417. The zero-order valence-corrected chi connectivity index (χ0v) is 16.2. The summed E-state index contributed by atoms with van der Waals surface area (Å²) < 4.78 is 19.1. The van der Waals surface area contributed by atoms with E-state index < -0.39 is 6.10 Å². The Morgan fingerprint density at radius 3 is 2.64 bits per heavy atom. The highest BCUT2D eigenvalue weighted by Crippen LogP contribution is 2.26. The summed E-state index contributed by atoms with van der Waals surface area (Å²) in [7, 11) is 0. The number of hydrogen-bond donors (Lipinski definition) is 4. The molecule has 0 bridgehead atoms. The molecule has 0 aliphatic carbocycles. The molecule has 0 saturated carbocycles. The minimum absolute atomic E-state index is 0.0134. The van der Waals surface area contributed by atoms with Crippen LogP contribution < -0.4 is 15.4 Å². The molecule has 146 valence electrons. The minimum Gasteiger partial charge on any atom is -0.491 e. The van der Waals surface area contributed by atoms with Crippen LogP contribution in [0.3, 0.4) is 0 Å². The first kappa shape index (κ1) is 20.0. The molecule has 0 amide bonds. The number of halogens is 2. The van der Waals surface area contributed by atoms with Gasteiger partial charge in [-0.05, 0) is 52.3 Å². The van der Waals surface area contributed by atoms with Crippen molar-refractivity contribution in [1.82, 2.24) is 9.97 Å². The number of benzene rings is 2. The Balaban J connectivity index is 1.71. The normalized spacial score (nSPS) is 11.7. The van der Waals surface area contributed by atoms with Gasteiger partial charge in [0.1, 0.15) is 30.1 Å². The Morgan fingerprint density at radius 2 is 1.89 bits per heavy atom. The lowest BCUT2D eigenvalue weighted by molar-refractivity contribution is 0.0536. The molecule has 0 aliphatic heterocycles. The average molecular weight is 449 g/mol. The number of aliphatic hydroxyl groups is 2. The third kappa shape index (κ3) is 5.62. The van der Waals surface area contributed by atoms with Crippen molar-refractivity contribution in [1.29, 1.82) is 0 Å². The topological polar surface area (TPSA) is 99.5 Å². The second kappa shape index (κ2) is 9.45. The van der Waals surface area contributed by atoms with Gasteiger partial charge in [-0.15, -0.1) is 0 Å². The maximum Gasteiger partial charge on any atom is 0.229 e. The molecule has 1 atom stereocenters. The molecule has 9 heteroatoms. The van der Waals surface area contributed by atoms with Crippen LogP contribution >= 0.6 is 15.9 Å². The standard InChI is InChI=1S/C19H18BrFN4O3/c20-17-9-22-19(25-18(17)23-13-6-4-12(21)5-7-13)24-14-2-1-3-16(8-14)28-11-15(27)10-26/h1-9,15,26-27H,10-11H2,(H2,22,23,24,25)/t15-/m1/s1. The van der Waals surface area contributed by atoms with Crippen LogP contribution in [0.5, 0.6) is 5.75 Å². The molecule has 2 aromatic carbocycles. The first-order chi connectivity index (χ1) is 13.5. The smallest absolute Gasteiger partial charge is 0.229 e. The van der Waals surface area contributed by atoms with Gasteiger partial charge < -0.3 is 25.6 Å². The number of nitrogens with one attached hydrogen (secondary N) is 2. The summed E-state index contributed by atoms with van der Waals surface area (Å²) in [5, 5.41) is 24.4. The molecular formula is C19H18BrFN4O3. The summed E-state index contributed by atoms with van der Waals surface area (Å²) in [5.74, 6) is 1.07. The Hall–Kier alpha value is -2.75. The van der Waals surface area contributed by atoms with Gasteiger partial charge in [0.25, 0.3) is 0 Å². The molecule has 28 heavy (non-hydrogen) atoms. The van der Waals surface area contributed by atoms with Crippen molar-refractivity contribution in [3.05, 3.63) is 65.0 Å². The Labute approximate surface area is 169 Å². The van der Waals surface area contributed by atoms with E-state index in [1.54, 1.807) is 36.5 Å². The molecule has 3 rings (SSSR count). The van der Waals surface area contributed by atoms with Crippen molar-refractivity contribution >= 4 is 39.1 Å². The number of aromatic nitrogens is 2. The summed E-state index contributed by atoms with van der Waals surface area (Å²) in [6.45, 7) is -0.380. The average Bonchev–Trinajstić information content (AvgIpc) is 2.70. The second-order valence-corrected chi connectivity index (χ2v) is 6.68. The van der Waals surface area contributed by atoms with Gasteiger partial charge in [0.2, 0.25) is 5.95 Å². The van der Waals surface area contributed by atoms with Crippen molar-refractivity contribution in [2.45, 2.75) is 6.10 Å². The summed E-state index contributed by atoms with van der Waals surface area (Å²) in [6, 6.07) is 13.0. The maximum atomic E-state index is 13.1. The zero-order chi connectivity index (χ0) is 19.9. The number of rotatable bonds is 8. The molecular weight excluding hydrogens is 431 g/mol. The third-order valence-corrected chi connectivity index (χ3v) is 4.17. The fourth-order valence-electron chi connectivity index (χ4n) is 2.22. The van der Waals surface area contributed by atoms with Crippen LogP contribution in [-0.4, -0.2) is 39.5 Å². The predicted molar refractivity (Wildman–Crippen MR) is 108 cm³/mol. The van der Waals surface area contributed by atoms with Crippen LogP contribution in [0, 0.1) is 5.82 Å². The Bertz CT molecular complexity index is 927. The molecule has 1 heterocycles. The van der Waals surface area contributed by atoms with Gasteiger partial charge in [0.05, 0.1) is 11.1 Å². The van der Waals surface area contributed by atoms with Gasteiger partial charge >= 0.3 is 0 Å². The van der Waals surface area contributed by atoms with Gasteiger partial charge in [0.15, 0.2) is 0 Å². The number of ether oxygens (including phenoxy) is 1. The van der Waals surface area contributed by atoms with E-state index in [0.717, 1.165) is 0 Å². The number of nitrogens with zero attached hydrogens (tertiary/aromatic N) is 2. The highest BCUT2D eigenvalue weighted by atomic mass is 79.9. The molecule has 0 radical (unpaired) electrons. The Morgan fingerprint density at radius 1 is 1.11 bits per heavy atom. The molecule has 0 fully saturated rings. The van der Waals surface area contributed by atoms with E-state index in [1.807, 2.05) is 6.07 Å². The van der Waals surface area contributed by atoms with Crippen molar-refractivity contribution in [3.63, 3.8) is 0 Å². The molecule has 1 aromatic heterocycles. The Kier molecular flexibility index (Phi) is 6.75. The molecule has 3 aromatic rings. The first-order valence-electron chi connectivity index (χ1n) is 8.37. The largest absolute Gasteiger partial charge is 0.491 e. The van der Waals surface area contributed by atoms with Crippen molar-refractivity contribution in [2.24, 2.45) is 0 Å². The third-order valence-electron chi connectivity index (χ3n) is 3.59. The van der Waals surface area contributed by atoms with Crippen molar-refractivity contribution < 1.29 is 19.3 Å². The van der Waals surface area contributed by atoms with E-state index in [2.05, 4.69) is 36.5 Å². The fraction of sp³-hybridized carbons (Fsp3) is 0.158. The molecule has 0 aliphatic rings. The zero-order valence-electron chi connectivity index (χ0n) is 14.6. The highest BCUT2D eigenvalue weighted by Gasteiger charge is 2.08. The predicted octanol–water partition coefficient (Wildman–Crippen LogP) is 3.60. The van der Waals surface area contributed by atoms with Gasteiger partial charge in [0, 0.05) is 23.6 Å². The molecule has 4 N–H and O–H groups in total. The van der Waals surface area contributed by atoms with Crippen LogP contribution in [0.1, 0.15) is 0 Å².